The van der Waals surface area contributed by atoms with E-state index in [-0.39, 0.29) is 17.0 Å². The van der Waals surface area contributed by atoms with Gasteiger partial charge in [-0.2, -0.15) is 0 Å². The summed E-state index contributed by atoms with van der Waals surface area (Å²) in [5, 5.41) is 0. The molecule has 0 radical (unpaired) electrons. The number of nitrogens with one attached hydrogen (secondary N) is 1. The van der Waals surface area contributed by atoms with Crippen molar-refractivity contribution in [3.8, 4) is 0 Å². The molecule has 27 heavy (non-hydrogen) atoms. The number of carbonyl (C=O) groups is 1. The van der Waals surface area contributed by atoms with Crippen molar-refractivity contribution in [3.05, 3.63) is 53.7 Å². The van der Waals surface area contributed by atoms with Crippen molar-refractivity contribution >= 4 is 21.7 Å². The normalized spacial score (nSPS) is 15.3. The molecule has 1 aromatic heterocycles. The smallest absolute Gasteiger partial charge is 0.248 e. The van der Waals surface area contributed by atoms with E-state index in [0.717, 1.165) is 37.3 Å². The van der Waals surface area contributed by atoms with E-state index in [1.165, 1.54) is 37.1 Å². The quantitative estimate of drug-likeness (QED) is 0.788. The van der Waals surface area contributed by atoms with Crippen molar-refractivity contribution in [2.24, 2.45) is 5.73 Å². The van der Waals surface area contributed by atoms with Crippen LogP contribution in [0, 0.1) is 0 Å². The molecule has 0 bridgehead atoms. The van der Waals surface area contributed by atoms with Crippen LogP contribution in [0.25, 0.3) is 0 Å². The molecule has 8 heteroatoms. The Morgan fingerprint density at radius 1 is 1.07 bits per heavy atom. The fraction of sp³-hybridized carbons (Fsp3) is 0.368. The van der Waals surface area contributed by atoms with Gasteiger partial charge in [-0.25, -0.2) is 18.1 Å². The van der Waals surface area contributed by atoms with Gasteiger partial charge in [0.25, 0.3) is 0 Å². The minimum atomic E-state index is -3.68. The molecule has 0 atom stereocenters. The van der Waals surface area contributed by atoms with Gasteiger partial charge in [0, 0.05) is 31.4 Å². The van der Waals surface area contributed by atoms with Crippen molar-refractivity contribution < 1.29 is 13.2 Å². The molecule has 1 amide bonds. The third kappa shape index (κ3) is 5.05. The van der Waals surface area contributed by atoms with Crippen LogP contribution in [0.1, 0.15) is 41.6 Å². The molecule has 1 aromatic carbocycles. The second-order valence-corrected chi connectivity index (χ2v) is 8.40. The highest BCUT2D eigenvalue weighted by molar-refractivity contribution is 7.89. The fourth-order valence-electron chi connectivity index (χ4n) is 3.10. The van der Waals surface area contributed by atoms with E-state index in [9.17, 15) is 13.2 Å². The van der Waals surface area contributed by atoms with E-state index in [4.69, 9.17) is 5.73 Å². The first-order valence-corrected chi connectivity index (χ1v) is 10.5. The van der Waals surface area contributed by atoms with E-state index in [0.29, 0.717) is 0 Å². The van der Waals surface area contributed by atoms with Crippen molar-refractivity contribution in [2.75, 3.05) is 18.0 Å². The number of sulfonamides is 1. The molecule has 3 rings (SSSR count). The van der Waals surface area contributed by atoms with Crippen LogP contribution in [-0.4, -0.2) is 32.4 Å². The highest BCUT2D eigenvalue weighted by atomic mass is 32.2. The standard InChI is InChI=1S/C19H24N4O3S/c20-19(24)16-5-7-17(8-6-16)27(25,26)22-14-15-9-10-21-18(13-15)23-11-3-1-2-4-12-23/h5-10,13,22H,1-4,11-12,14H2,(H2,20,24). The molecule has 1 fully saturated rings. The minimum absolute atomic E-state index is 0.0919. The lowest BCUT2D eigenvalue weighted by Crippen LogP contribution is -2.26. The van der Waals surface area contributed by atoms with Crippen LogP contribution in [0.15, 0.2) is 47.5 Å². The number of carbonyl (C=O) groups excluding carboxylic acids is 1. The Bertz CT molecular complexity index is 889. The molecule has 3 N–H and O–H groups in total. The number of nitrogens with zero attached hydrogens (tertiary/aromatic N) is 2. The third-order valence-corrected chi connectivity index (χ3v) is 6.07. The Kier molecular flexibility index (Phi) is 6.08. The van der Waals surface area contributed by atoms with E-state index < -0.39 is 15.9 Å². The molecule has 2 heterocycles. The molecular formula is C19H24N4O3S. The Morgan fingerprint density at radius 2 is 1.74 bits per heavy atom. The topological polar surface area (TPSA) is 105 Å². The second-order valence-electron chi connectivity index (χ2n) is 6.64. The molecule has 2 aromatic rings. The zero-order valence-corrected chi connectivity index (χ0v) is 15.9. The Hall–Kier alpha value is -2.45. The zero-order chi connectivity index (χ0) is 19.3. The van der Waals surface area contributed by atoms with Crippen LogP contribution in [0.3, 0.4) is 0 Å². The summed E-state index contributed by atoms with van der Waals surface area (Å²) in [6.07, 6.45) is 6.50. The molecule has 1 saturated heterocycles. The fourth-order valence-corrected chi connectivity index (χ4v) is 4.12. The summed E-state index contributed by atoms with van der Waals surface area (Å²) in [5.74, 6) is 0.296. The van der Waals surface area contributed by atoms with Crippen LogP contribution >= 0.6 is 0 Å². The third-order valence-electron chi connectivity index (χ3n) is 4.66. The van der Waals surface area contributed by atoms with Gasteiger partial charge < -0.3 is 10.6 Å². The number of hydrogen-bond donors (Lipinski definition) is 2. The maximum atomic E-state index is 12.5. The van der Waals surface area contributed by atoms with Crippen LogP contribution in [0.4, 0.5) is 5.82 Å². The number of anilines is 1. The maximum absolute atomic E-state index is 12.5. The monoisotopic (exact) mass is 388 g/mol. The van der Waals surface area contributed by atoms with Crippen molar-refractivity contribution in [1.82, 2.24) is 9.71 Å². The van der Waals surface area contributed by atoms with E-state index in [1.807, 2.05) is 6.07 Å². The first-order chi connectivity index (χ1) is 13.0. The van der Waals surface area contributed by atoms with Gasteiger partial charge in [-0.3, -0.25) is 4.79 Å². The van der Waals surface area contributed by atoms with Gasteiger partial charge in [-0.15, -0.1) is 0 Å². The van der Waals surface area contributed by atoms with Gasteiger partial charge in [0.15, 0.2) is 0 Å². The number of primary amides is 1. The van der Waals surface area contributed by atoms with Crippen LogP contribution in [0.2, 0.25) is 0 Å². The number of nitrogens with two attached hydrogens (primary N) is 1. The first kappa shape index (κ1) is 19.3. The molecule has 0 saturated carbocycles. The average molecular weight is 388 g/mol. The van der Waals surface area contributed by atoms with Gasteiger partial charge in [-0.05, 0) is 54.8 Å². The highest BCUT2D eigenvalue weighted by Crippen LogP contribution is 2.19. The minimum Gasteiger partial charge on any atom is -0.366 e. The predicted octanol–water partition coefficient (Wildman–Crippen LogP) is 2.04. The van der Waals surface area contributed by atoms with Gasteiger partial charge in [0.1, 0.15) is 5.82 Å². The number of pyridine rings is 1. The van der Waals surface area contributed by atoms with E-state index in [1.54, 1.807) is 12.3 Å². The number of amides is 1. The predicted molar refractivity (Wildman–Crippen MR) is 104 cm³/mol. The molecule has 1 aliphatic heterocycles. The van der Waals surface area contributed by atoms with Gasteiger partial charge in [0.05, 0.1) is 4.90 Å². The van der Waals surface area contributed by atoms with Gasteiger partial charge in [0.2, 0.25) is 15.9 Å². The first-order valence-electron chi connectivity index (χ1n) is 9.05. The largest absolute Gasteiger partial charge is 0.366 e. The summed E-state index contributed by atoms with van der Waals surface area (Å²) in [6, 6.07) is 9.29. The molecular weight excluding hydrogens is 364 g/mol. The van der Waals surface area contributed by atoms with Gasteiger partial charge in [-0.1, -0.05) is 12.8 Å². The Balaban J connectivity index is 1.68. The zero-order valence-electron chi connectivity index (χ0n) is 15.1. The number of rotatable bonds is 6. The number of aromatic nitrogens is 1. The average Bonchev–Trinajstić information content (AvgIpc) is 2.96. The van der Waals surface area contributed by atoms with Crippen molar-refractivity contribution in [1.29, 1.82) is 0 Å². The Morgan fingerprint density at radius 3 is 2.37 bits per heavy atom. The maximum Gasteiger partial charge on any atom is 0.248 e. The van der Waals surface area contributed by atoms with E-state index >= 15 is 0 Å². The SMILES string of the molecule is NC(=O)c1ccc(S(=O)(=O)NCc2ccnc(N3CCCCCC3)c2)cc1. The van der Waals surface area contributed by atoms with Crippen LogP contribution in [-0.2, 0) is 16.6 Å². The lowest BCUT2D eigenvalue weighted by atomic mass is 10.2. The van der Waals surface area contributed by atoms with Crippen molar-refractivity contribution in [2.45, 2.75) is 37.1 Å². The van der Waals surface area contributed by atoms with Crippen LogP contribution in [0.5, 0.6) is 0 Å². The summed E-state index contributed by atoms with van der Waals surface area (Å²) in [6.45, 7) is 2.13. The molecule has 0 unspecified atom stereocenters. The summed E-state index contributed by atoms with van der Waals surface area (Å²) in [5.41, 5.74) is 6.30. The van der Waals surface area contributed by atoms with Crippen molar-refractivity contribution in [3.63, 3.8) is 0 Å². The molecule has 1 aliphatic rings. The molecule has 7 nitrogen and oxygen atoms in total. The van der Waals surface area contributed by atoms with Crippen LogP contribution < -0.4 is 15.4 Å². The number of hydrogen-bond acceptors (Lipinski definition) is 5. The summed E-state index contributed by atoms with van der Waals surface area (Å²) < 4.78 is 27.5. The summed E-state index contributed by atoms with van der Waals surface area (Å²) in [7, 11) is -3.68. The molecule has 0 aliphatic carbocycles. The van der Waals surface area contributed by atoms with E-state index in [2.05, 4.69) is 14.6 Å². The Labute approximate surface area is 159 Å². The lowest BCUT2D eigenvalue weighted by molar-refractivity contribution is 0.1000. The molecule has 144 valence electrons. The lowest BCUT2D eigenvalue weighted by Gasteiger charge is -2.21. The summed E-state index contributed by atoms with van der Waals surface area (Å²) >= 11 is 0. The highest BCUT2D eigenvalue weighted by Gasteiger charge is 2.15. The second kappa shape index (κ2) is 8.49. The summed E-state index contributed by atoms with van der Waals surface area (Å²) in [4.78, 5) is 17.9. The van der Waals surface area contributed by atoms with Gasteiger partial charge >= 0.3 is 0 Å². The molecule has 0 spiro atoms. The number of benzene rings is 1.